The second-order valence-electron chi connectivity index (χ2n) is 3.11. The molecule has 0 bridgehead atoms. The highest BCUT2D eigenvalue weighted by molar-refractivity contribution is 7.19. The minimum Gasteiger partial charge on any atom is -0.494 e. The summed E-state index contributed by atoms with van der Waals surface area (Å²) in [6.07, 6.45) is 0.990. The SMILES string of the molecule is CCCOc1ccc2nc(C#N)sc2c1. The predicted molar refractivity (Wildman–Crippen MR) is 60.1 cm³/mol. The summed E-state index contributed by atoms with van der Waals surface area (Å²) in [5.41, 5.74) is 0.861. The van der Waals surface area contributed by atoms with Crippen molar-refractivity contribution in [2.75, 3.05) is 6.61 Å². The van der Waals surface area contributed by atoms with E-state index in [0.717, 1.165) is 29.0 Å². The maximum Gasteiger partial charge on any atom is 0.195 e. The summed E-state index contributed by atoms with van der Waals surface area (Å²) >= 11 is 1.39. The molecule has 76 valence electrons. The highest BCUT2D eigenvalue weighted by Crippen LogP contribution is 2.25. The van der Waals surface area contributed by atoms with E-state index in [1.807, 2.05) is 24.3 Å². The molecule has 0 saturated carbocycles. The summed E-state index contributed by atoms with van der Waals surface area (Å²) in [5.74, 6) is 0.845. The van der Waals surface area contributed by atoms with Crippen LogP contribution in [0.5, 0.6) is 5.75 Å². The molecule has 0 saturated heterocycles. The van der Waals surface area contributed by atoms with Crippen LogP contribution in [0.4, 0.5) is 0 Å². The van der Waals surface area contributed by atoms with Gasteiger partial charge in [0.25, 0.3) is 0 Å². The fourth-order valence-corrected chi connectivity index (χ4v) is 2.05. The van der Waals surface area contributed by atoms with Gasteiger partial charge in [0.1, 0.15) is 11.8 Å². The first kappa shape index (κ1) is 9.94. The van der Waals surface area contributed by atoms with Crippen LogP contribution in [0.25, 0.3) is 10.2 Å². The highest BCUT2D eigenvalue weighted by Gasteiger charge is 2.03. The zero-order valence-electron chi connectivity index (χ0n) is 8.36. The molecule has 0 N–H and O–H groups in total. The van der Waals surface area contributed by atoms with E-state index in [9.17, 15) is 0 Å². The van der Waals surface area contributed by atoms with Gasteiger partial charge in [0.05, 0.1) is 16.8 Å². The molecule has 1 heterocycles. The first-order valence-electron chi connectivity index (χ1n) is 4.77. The Morgan fingerprint density at radius 2 is 2.40 bits per heavy atom. The molecule has 4 heteroatoms. The number of rotatable bonds is 3. The number of hydrogen-bond donors (Lipinski definition) is 0. The van der Waals surface area contributed by atoms with E-state index in [2.05, 4.69) is 11.9 Å². The van der Waals surface area contributed by atoms with Crippen LogP contribution in [-0.2, 0) is 0 Å². The number of nitriles is 1. The van der Waals surface area contributed by atoms with Gasteiger partial charge >= 0.3 is 0 Å². The van der Waals surface area contributed by atoms with Crippen LogP contribution in [0.15, 0.2) is 18.2 Å². The van der Waals surface area contributed by atoms with E-state index in [1.165, 1.54) is 11.3 Å². The lowest BCUT2D eigenvalue weighted by Crippen LogP contribution is -1.93. The van der Waals surface area contributed by atoms with Gasteiger partial charge < -0.3 is 4.74 Å². The van der Waals surface area contributed by atoms with Crippen molar-refractivity contribution in [3.63, 3.8) is 0 Å². The minimum absolute atomic E-state index is 0.498. The maximum absolute atomic E-state index is 8.72. The summed E-state index contributed by atoms with van der Waals surface area (Å²) < 4.78 is 6.50. The average molecular weight is 218 g/mol. The van der Waals surface area contributed by atoms with Crippen LogP contribution in [0.2, 0.25) is 0 Å². The molecule has 2 rings (SSSR count). The molecule has 2 aromatic rings. The summed E-state index contributed by atoms with van der Waals surface area (Å²) in [6.45, 7) is 2.79. The van der Waals surface area contributed by atoms with E-state index in [0.29, 0.717) is 5.01 Å². The van der Waals surface area contributed by atoms with E-state index < -0.39 is 0 Å². The maximum atomic E-state index is 8.72. The standard InChI is InChI=1S/C11H10N2OS/c1-2-5-14-8-3-4-9-10(6-8)15-11(7-12)13-9/h3-4,6H,2,5H2,1H3. The topological polar surface area (TPSA) is 45.9 Å². The Bertz CT molecular complexity index is 513. The van der Waals surface area contributed by atoms with Crippen molar-refractivity contribution in [2.45, 2.75) is 13.3 Å². The monoisotopic (exact) mass is 218 g/mol. The third-order valence-corrected chi connectivity index (χ3v) is 2.85. The molecular formula is C11H10N2OS. The van der Waals surface area contributed by atoms with Crippen molar-refractivity contribution in [1.82, 2.24) is 4.98 Å². The van der Waals surface area contributed by atoms with E-state index in [1.54, 1.807) is 0 Å². The Morgan fingerprint density at radius 1 is 1.53 bits per heavy atom. The van der Waals surface area contributed by atoms with Crippen LogP contribution in [0, 0.1) is 11.3 Å². The number of nitrogens with zero attached hydrogens (tertiary/aromatic N) is 2. The van der Waals surface area contributed by atoms with Gasteiger partial charge in [-0.3, -0.25) is 0 Å². The van der Waals surface area contributed by atoms with Crippen molar-refractivity contribution < 1.29 is 4.74 Å². The third kappa shape index (κ3) is 2.08. The average Bonchev–Trinajstić information content (AvgIpc) is 2.68. The Labute approximate surface area is 91.9 Å². The van der Waals surface area contributed by atoms with E-state index >= 15 is 0 Å². The molecule has 0 amide bonds. The van der Waals surface area contributed by atoms with Crippen molar-refractivity contribution >= 4 is 21.6 Å². The number of ether oxygens (including phenoxy) is 1. The van der Waals surface area contributed by atoms with Gasteiger partial charge in [0.15, 0.2) is 5.01 Å². The Kier molecular flexibility index (Phi) is 2.84. The minimum atomic E-state index is 0.498. The fourth-order valence-electron chi connectivity index (χ4n) is 1.26. The van der Waals surface area contributed by atoms with Crippen LogP contribution in [0.3, 0.4) is 0 Å². The Hall–Kier alpha value is -1.60. The van der Waals surface area contributed by atoms with Crippen molar-refractivity contribution in [3.8, 4) is 11.8 Å². The van der Waals surface area contributed by atoms with Gasteiger partial charge in [-0.05, 0) is 24.6 Å². The predicted octanol–water partition coefficient (Wildman–Crippen LogP) is 2.96. The Morgan fingerprint density at radius 3 is 3.13 bits per heavy atom. The number of thiazole rings is 1. The van der Waals surface area contributed by atoms with Crippen molar-refractivity contribution in [3.05, 3.63) is 23.2 Å². The number of aromatic nitrogens is 1. The number of hydrogen-bond acceptors (Lipinski definition) is 4. The molecule has 0 aliphatic heterocycles. The lowest BCUT2D eigenvalue weighted by molar-refractivity contribution is 0.318. The lowest BCUT2D eigenvalue weighted by atomic mass is 10.3. The molecule has 0 atom stereocenters. The molecule has 0 unspecified atom stereocenters. The quantitative estimate of drug-likeness (QED) is 0.795. The summed E-state index contributed by atoms with van der Waals surface area (Å²) in [4.78, 5) is 4.15. The molecule has 1 aromatic heterocycles. The second kappa shape index (κ2) is 4.28. The van der Waals surface area contributed by atoms with Crippen LogP contribution < -0.4 is 4.74 Å². The number of fused-ring (bicyclic) bond motifs is 1. The molecule has 0 radical (unpaired) electrons. The summed E-state index contributed by atoms with van der Waals surface area (Å²) in [7, 11) is 0. The summed E-state index contributed by atoms with van der Waals surface area (Å²) in [5, 5.41) is 9.21. The molecule has 1 aromatic carbocycles. The second-order valence-corrected chi connectivity index (χ2v) is 4.14. The van der Waals surface area contributed by atoms with Crippen molar-refractivity contribution in [2.24, 2.45) is 0 Å². The van der Waals surface area contributed by atoms with Gasteiger partial charge in [-0.15, -0.1) is 11.3 Å². The molecule has 3 nitrogen and oxygen atoms in total. The molecule has 0 fully saturated rings. The van der Waals surface area contributed by atoms with Gasteiger partial charge in [-0.25, -0.2) is 4.98 Å². The zero-order valence-corrected chi connectivity index (χ0v) is 9.17. The smallest absolute Gasteiger partial charge is 0.195 e. The third-order valence-electron chi connectivity index (χ3n) is 1.93. The van der Waals surface area contributed by atoms with Crippen LogP contribution in [0.1, 0.15) is 18.4 Å². The fraction of sp³-hybridized carbons (Fsp3) is 0.273. The molecular weight excluding hydrogens is 208 g/mol. The largest absolute Gasteiger partial charge is 0.494 e. The zero-order chi connectivity index (χ0) is 10.7. The Balaban J connectivity index is 2.34. The van der Waals surface area contributed by atoms with Crippen LogP contribution in [-0.4, -0.2) is 11.6 Å². The molecule has 0 aliphatic rings. The lowest BCUT2D eigenvalue weighted by Gasteiger charge is -2.02. The first-order chi connectivity index (χ1) is 7.33. The molecule has 15 heavy (non-hydrogen) atoms. The van der Waals surface area contributed by atoms with Crippen molar-refractivity contribution in [1.29, 1.82) is 5.26 Å². The first-order valence-corrected chi connectivity index (χ1v) is 5.58. The molecule has 0 spiro atoms. The normalized spacial score (nSPS) is 10.1. The van der Waals surface area contributed by atoms with Gasteiger partial charge in [0.2, 0.25) is 0 Å². The van der Waals surface area contributed by atoms with E-state index in [4.69, 9.17) is 10.00 Å². The number of benzene rings is 1. The van der Waals surface area contributed by atoms with Gasteiger partial charge in [-0.1, -0.05) is 6.92 Å². The van der Waals surface area contributed by atoms with Crippen LogP contribution >= 0.6 is 11.3 Å². The van der Waals surface area contributed by atoms with Gasteiger partial charge in [-0.2, -0.15) is 5.26 Å². The van der Waals surface area contributed by atoms with E-state index in [-0.39, 0.29) is 0 Å². The highest BCUT2D eigenvalue weighted by atomic mass is 32.1. The summed E-state index contributed by atoms with van der Waals surface area (Å²) in [6, 6.07) is 7.75. The van der Waals surface area contributed by atoms with Gasteiger partial charge in [0, 0.05) is 0 Å². The molecule has 0 aliphatic carbocycles.